The fraction of sp³-hybridized carbons (Fsp3) is 0.250. The molecule has 6 nitrogen and oxygen atoms in total. The lowest BCUT2D eigenvalue weighted by atomic mass is 10.2. The summed E-state index contributed by atoms with van der Waals surface area (Å²) in [7, 11) is 0. The molecule has 1 heterocycles. The van der Waals surface area contributed by atoms with Crippen molar-refractivity contribution < 1.29 is 4.92 Å². The molecule has 0 atom stereocenters. The molecule has 0 fully saturated rings. The Hall–Kier alpha value is -2.15. The summed E-state index contributed by atoms with van der Waals surface area (Å²) in [4.78, 5) is 14.5. The molecule has 2 rings (SSSR count). The van der Waals surface area contributed by atoms with E-state index in [0.717, 1.165) is 22.8 Å². The maximum atomic E-state index is 10.6. The highest BCUT2D eigenvalue weighted by Gasteiger charge is 2.10. The van der Waals surface area contributed by atoms with Crippen molar-refractivity contribution in [1.82, 2.24) is 4.98 Å². The third kappa shape index (κ3) is 3.41. The highest BCUT2D eigenvalue weighted by atomic mass is 32.1. The molecule has 0 amide bonds. The van der Waals surface area contributed by atoms with Crippen molar-refractivity contribution in [2.45, 2.75) is 13.3 Å². The maximum Gasteiger partial charge on any atom is 0.292 e. The number of nitrogens with two attached hydrogens (primary N) is 1. The number of thiazole rings is 1. The highest BCUT2D eigenvalue weighted by Crippen LogP contribution is 2.24. The van der Waals surface area contributed by atoms with Gasteiger partial charge in [0.25, 0.3) is 5.69 Å². The molecule has 0 spiro atoms. The van der Waals surface area contributed by atoms with Gasteiger partial charge >= 0.3 is 0 Å². The van der Waals surface area contributed by atoms with Crippen LogP contribution in [0.4, 0.5) is 17.1 Å². The first-order chi connectivity index (χ1) is 9.06. The van der Waals surface area contributed by atoms with Crippen molar-refractivity contribution in [2.75, 3.05) is 17.6 Å². The van der Waals surface area contributed by atoms with E-state index in [1.54, 1.807) is 23.5 Å². The van der Waals surface area contributed by atoms with Crippen LogP contribution in [-0.2, 0) is 6.42 Å². The van der Waals surface area contributed by atoms with E-state index in [4.69, 9.17) is 5.73 Å². The molecule has 100 valence electrons. The predicted molar refractivity (Wildman–Crippen MR) is 76.6 cm³/mol. The van der Waals surface area contributed by atoms with Gasteiger partial charge in [-0.3, -0.25) is 10.1 Å². The van der Waals surface area contributed by atoms with Gasteiger partial charge in [0, 0.05) is 30.1 Å². The first kappa shape index (κ1) is 13.3. The van der Waals surface area contributed by atoms with Crippen LogP contribution in [0.15, 0.2) is 23.6 Å². The van der Waals surface area contributed by atoms with Crippen LogP contribution in [0.5, 0.6) is 0 Å². The number of aryl methyl sites for hydroxylation is 1. The predicted octanol–water partition coefficient (Wildman–Crippen LogP) is 2.60. The smallest absolute Gasteiger partial charge is 0.292 e. The molecular formula is C12H14N4O2S. The summed E-state index contributed by atoms with van der Waals surface area (Å²) in [5, 5.41) is 16.9. The fourth-order valence-electron chi connectivity index (χ4n) is 1.69. The quantitative estimate of drug-likeness (QED) is 0.498. The van der Waals surface area contributed by atoms with E-state index in [2.05, 4.69) is 10.3 Å². The Morgan fingerprint density at radius 3 is 2.89 bits per heavy atom. The molecule has 0 aliphatic rings. The number of nitrogen functional groups attached to an aromatic ring is 1. The Morgan fingerprint density at radius 2 is 2.32 bits per heavy atom. The molecule has 0 saturated carbocycles. The zero-order valence-electron chi connectivity index (χ0n) is 10.4. The largest absolute Gasteiger partial charge is 0.393 e. The minimum absolute atomic E-state index is 0.0688. The van der Waals surface area contributed by atoms with Gasteiger partial charge in [0.1, 0.15) is 5.69 Å². The van der Waals surface area contributed by atoms with Crippen molar-refractivity contribution in [2.24, 2.45) is 0 Å². The summed E-state index contributed by atoms with van der Waals surface area (Å²) in [6.45, 7) is 2.68. The molecule has 0 bridgehead atoms. The number of nitrogens with one attached hydrogen (secondary N) is 1. The number of rotatable bonds is 5. The van der Waals surface area contributed by atoms with E-state index in [9.17, 15) is 10.1 Å². The van der Waals surface area contributed by atoms with Crippen molar-refractivity contribution >= 4 is 28.4 Å². The molecule has 0 unspecified atom stereocenters. The van der Waals surface area contributed by atoms with Gasteiger partial charge in [0.15, 0.2) is 0 Å². The summed E-state index contributed by atoms with van der Waals surface area (Å²) in [5.74, 6) is 0. The minimum Gasteiger partial charge on any atom is -0.393 e. The van der Waals surface area contributed by atoms with E-state index in [0.29, 0.717) is 6.54 Å². The van der Waals surface area contributed by atoms with Gasteiger partial charge in [-0.2, -0.15) is 0 Å². The lowest BCUT2D eigenvalue weighted by Gasteiger charge is -2.06. The number of aromatic nitrogens is 1. The molecule has 0 aliphatic carbocycles. The average molecular weight is 278 g/mol. The zero-order chi connectivity index (χ0) is 13.8. The van der Waals surface area contributed by atoms with Gasteiger partial charge in [0.05, 0.1) is 15.6 Å². The van der Waals surface area contributed by atoms with E-state index >= 15 is 0 Å². The standard InChI is InChI=1S/C12H14N4O2S/c1-8-15-10(7-19-8)4-5-14-9-2-3-12(16(17)18)11(13)6-9/h2-3,6-7,14H,4-5,13H2,1H3. The molecular weight excluding hydrogens is 264 g/mol. The second kappa shape index (κ2) is 5.66. The van der Waals surface area contributed by atoms with Crippen LogP contribution in [0.2, 0.25) is 0 Å². The van der Waals surface area contributed by atoms with E-state index in [-0.39, 0.29) is 11.4 Å². The van der Waals surface area contributed by atoms with Crippen LogP contribution >= 0.6 is 11.3 Å². The second-order valence-electron chi connectivity index (χ2n) is 4.07. The third-order valence-electron chi connectivity index (χ3n) is 2.60. The fourth-order valence-corrected chi connectivity index (χ4v) is 2.34. The second-order valence-corrected chi connectivity index (χ2v) is 5.13. The number of hydrogen-bond acceptors (Lipinski definition) is 6. The van der Waals surface area contributed by atoms with E-state index in [1.165, 1.54) is 6.07 Å². The van der Waals surface area contributed by atoms with Crippen LogP contribution in [0.25, 0.3) is 0 Å². The topological polar surface area (TPSA) is 94.1 Å². The highest BCUT2D eigenvalue weighted by molar-refractivity contribution is 7.09. The Labute approximate surface area is 114 Å². The summed E-state index contributed by atoms with van der Waals surface area (Å²) in [6, 6.07) is 4.63. The van der Waals surface area contributed by atoms with Crippen LogP contribution in [0.3, 0.4) is 0 Å². The SMILES string of the molecule is Cc1nc(CCNc2ccc([N+](=O)[O-])c(N)c2)cs1. The Morgan fingerprint density at radius 1 is 1.53 bits per heavy atom. The number of nitrogens with zero attached hydrogens (tertiary/aromatic N) is 2. The first-order valence-corrected chi connectivity index (χ1v) is 6.63. The molecule has 0 aliphatic heterocycles. The van der Waals surface area contributed by atoms with Crippen LogP contribution < -0.4 is 11.1 Å². The van der Waals surface area contributed by atoms with E-state index in [1.807, 2.05) is 12.3 Å². The number of nitro groups is 1. The van der Waals surface area contributed by atoms with Crippen molar-refractivity contribution in [3.05, 3.63) is 44.4 Å². The molecule has 3 N–H and O–H groups in total. The number of hydrogen-bond donors (Lipinski definition) is 2. The Bertz CT molecular complexity index is 597. The molecule has 0 saturated heterocycles. The van der Waals surface area contributed by atoms with Crippen molar-refractivity contribution in [1.29, 1.82) is 0 Å². The molecule has 1 aromatic heterocycles. The van der Waals surface area contributed by atoms with Crippen molar-refractivity contribution in [3.63, 3.8) is 0 Å². The van der Waals surface area contributed by atoms with E-state index < -0.39 is 4.92 Å². The first-order valence-electron chi connectivity index (χ1n) is 5.75. The van der Waals surface area contributed by atoms with Gasteiger partial charge in [-0.15, -0.1) is 11.3 Å². The van der Waals surface area contributed by atoms with Crippen LogP contribution in [-0.4, -0.2) is 16.5 Å². The normalized spacial score (nSPS) is 10.4. The number of anilines is 2. The van der Waals surface area contributed by atoms with Gasteiger partial charge in [0.2, 0.25) is 0 Å². The number of benzene rings is 1. The monoisotopic (exact) mass is 278 g/mol. The van der Waals surface area contributed by atoms with Gasteiger partial charge in [-0.05, 0) is 19.1 Å². The zero-order valence-corrected chi connectivity index (χ0v) is 11.2. The molecule has 7 heteroatoms. The van der Waals surface area contributed by atoms with Crippen LogP contribution in [0, 0.1) is 17.0 Å². The van der Waals surface area contributed by atoms with Gasteiger partial charge in [-0.1, -0.05) is 0 Å². The molecule has 2 aromatic rings. The Kier molecular flexibility index (Phi) is 3.96. The summed E-state index contributed by atoms with van der Waals surface area (Å²) in [5.41, 5.74) is 7.53. The Balaban J connectivity index is 1.93. The van der Waals surface area contributed by atoms with Crippen LogP contribution in [0.1, 0.15) is 10.7 Å². The average Bonchev–Trinajstić information content (AvgIpc) is 2.75. The van der Waals surface area contributed by atoms with Gasteiger partial charge in [-0.25, -0.2) is 4.98 Å². The number of nitro benzene ring substituents is 1. The lowest BCUT2D eigenvalue weighted by Crippen LogP contribution is -2.06. The van der Waals surface area contributed by atoms with Crippen molar-refractivity contribution in [3.8, 4) is 0 Å². The maximum absolute atomic E-state index is 10.6. The molecule has 19 heavy (non-hydrogen) atoms. The summed E-state index contributed by atoms with van der Waals surface area (Å²) in [6.07, 6.45) is 0.807. The third-order valence-corrected chi connectivity index (χ3v) is 3.42. The summed E-state index contributed by atoms with van der Waals surface area (Å²) < 4.78 is 0. The molecule has 0 radical (unpaired) electrons. The minimum atomic E-state index is -0.489. The summed E-state index contributed by atoms with van der Waals surface area (Å²) >= 11 is 1.62. The van der Waals surface area contributed by atoms with Gasteiger partial charge < -0.3 is 11.1 Å². The molecule has 1 aromatic carbocycles. The lowest BCUT2D eigenvalue weighted by molar-refractivity contribution is -0.383.